The lowest BCUT2D eigenvalue weighted by Gasteiger charge is -2.28. The summed E-state index contributed by atoms with van der Waals surface area (Å²) in [6.45, 7) is 4.64. The largest absolute Gasteiger partial charge is 0.0654 e. The Bertz CT molecular complexity index is 661. The number of fused-ring (bicyclic) bond motifs is 1. The summed E-state index contributed by atoms with van der Waals surface area (Å²) in [5.74, 6) is 1.78. The zero-order valence-electron chi connectivity index (χ0n) is 17.1. The van der Waals surface area contributed by atoms with Crippen LogP contribution in [0.4, 0.5) is 0 Å². The highest BCUT2D eigenvalue weighted by Gasteiger charge is 2.21. The molecule has 0 unspecified atom stereocenters. The van der Waals surface area contributed by atoms with Crippen LogP contribution in [0, 0.1) is 5.92 Å². The van der Waals surface area contributed by atoms with Crippen molar-refractivity contribution in [1.29, 1.82) is 0 Å². The summed E-state index contributed by atoms with van der Waals surface area (Å²) in [4.78, 5) is 0. The van der Waals surface area contributed by atoms with Crippen LogP contribution in [-0.4, -0.2) is 0 Å². The van der Waals surface area contributed by atoms with Crippen LogP contribution in [0.5, 0.6) is 0 Å². The molecule has 2 aromatic rings. The monoisotopic (exact) mass is 350 g/mol. The van der Waals surface area contributed by atoms with Crippen LogP contribution in [0.15, 0.2) is 36.4 Å². The fourth-order valence-corrected chi connectivity index (χ4v) is 4.74. The number of hydrogen-bond acceptors (Lipinski definition) is 0. The fraction of sp³-hybridized carbons (Fsp3) is 0.615. The van der Waals surface area contributed by atoms with Gasteiger partial charge in [0.1, 0.15) is 0 Å². The SMILES string of the molecule is CCCCCCCCc1ccc2cc(C3CCC(CC)CC3)ccc2c1. The van der Waals surface area contributed by atoms with Crippen LogP contribution >= 0.6 is 0 Å². The van der Waals surface area contributed by atoms with Gasteiger partial charge in [-0.2, -0.15) is 0 Å². The standard InChI is InChI=1S/C26H38/c1-3-5-6-7-8-9-10-22-13-16-26-20-25(18-17-24(26)19-22)23-14-11-21(4-2)12-15-23/h13,16-21,23H,3-12,14-15H2,1-2H3. The molecule has 0 spiro atoms. The van der Waals surface area contributed by atoms with Crippen LogP contribution < -0.4 is 0 Å². The Morgan fingerprint density at radius 1 is 0.731 bits per heavy atom. The van der Waals surface area contributed by atoms with Gasteiger partial charge < -0.3 is 0 Å². The number of rotatable bonds is 9. The average molecular weight is 351 g/mol. The van der Waals surface area contributed by atoms with E-state index < -0.39 is 0 Å². The van der Waals surface area contributed by atoms with Crippen molar-refractivity contribution in [3.8, 4) is 0 Å². The lowest BCUT2D eigenvalue weighted by Crippen LogP contribution is -2.12. The summed E-state index contributed by atoms with van der Waals surface area (Å²) >= 11 is 0. The van der Waals surface area contributed by atoms with Gasteiger partial charge in [-0.1, -0.05) is 88.8 Å². The van der Waals surface area contributed by atoms with E-state index in [2.05, 4.69) is 50.2 Å². The molecular weight excluding hydrogens is 312 g/mol. The Morgan fingerprint density at radius 3 is 2.19 bits per heavy atom. The van der Waals surface area contributed by atoms with Crippen LogP contribution in [0.3, 0.4) is 0 Å². The van der Waals surface area contributed by atoms with Crippen molar-refractivity contribution >= 4 is 10.8 Å². The third-order valence-corrected chi connectivity index (χ3v) is 6.64. The second-order valence-electron chi connectivity index (χ2n) is 8.58. The highest BCUT2D eigenvalue weighted by Crippen LogP contribution is 2.37. The molecular formula is C26H38. The van der Waals surface area contributed by atoms with Crippen LogP contribution in [0.25, 0.3) is 10.8 Å². The maximum Gasteiger partial charge on any atom is -0.0162 e. The highest BCUT2D eigenvalue weighted by atomic mass is 14.3. The molecule has 0 heteroatoms. The van der Waals surface area contributed by atoms with Gasteiger partial charge in [0.15, 0.2) is 0 Å². The normalized spacial score (nSPS) is 20.5. The Balaban J connectivity index is 1.56. The first-order valence-corrected chi connectivity index (χ1v) is 11.3. The van der Waals surface area contributed by atoms with Crippen molar-refractivity contribution in [1.82, 2.24) is 0 Å². The Morgan fingerprint density at radius 2 is 1.42 bits per heavy atom. The quantitative estimate of drug-likeness (QED) is 0.398. The third-order valence-electron chi connectivity index (χ3n) is 6.64. The first-order chi connectivity index (χ1) is 12.8. The summed E-state index contributed by atoms with van der Waals surface area (Å²) in [6.07, 6.45) is 16.5. The molecule has 1 aliphatic carbocycles. The van der Waals surface area contributed by atoms with Crippen molar-refractivity contribution in [3.05, 3.63) is 47.5 Å². The van der Waals surface area contributed by atoms with E-state index in [1.54, 1.807) is 5.56 Å². The molecule has 0 aromatic heterocycles. The summed E-state index contributed by atoms with van der Waals surface area (Å²) in [5, 5.41) is 2.87. The van der Waals surface area contributed by atoms with Gasteiger partial charge in [-0.05, 0) is 72.3 Å². The molecule has 0 amide bonds. The van der Waals surface area contributed by atoms with Crippen LogP contribution in [0.2, 0.25) is 0 Å². The Labute approximate surface area is 161 Å². The smallest absolute Gasteiger partial charge is 0.0162 e. The zero-order valence-corrected chi connectivity index (χ0v) is 17.1. The predicted octanol–water partition coefficient (Wildman–Crippen LogP) is 8.43. The number of hydrogen-bond donors (Lipinski definition) is 0. The van der Waals surface area contributed by atoms with Gasteiger partial charge in [-0.25, -0.2) is 0 Å². The summed E-state index contributed by atoms with van der Waals surface area (Å²) in [6, 6.07) is 14.4. The van der Waals surface area contributed by atoms with Crippen molar-refractivity contribution in [2.45, 2.75) is 96.8 Å². The van der Waals surface area contributed by atoms with Crippen LogP contribution in [0.1, 0.15) is 102 Å². The average Bonchev–Trinajstić information content (AvgIpc) is 2.70. The van der Waals surface area contributed by atoms with Gasteiger partial charge in [-0.3, -0.25) is 0 Å². The molecule has 0 radical (unpaired) electrons. The van der Waals surface area contributed by atoms with Gasteiger partial charge in [0.05, 0.1) is 0 Å². The second-order valence-corrected chi connectivity index (χ2v) is 8.58. The minimum Gasteiger partial charge on any atom is -0.0654 e. The Hall–Kier alpha value is -1.30. The molecule has 2 aromatic carbocycles. The fourth-order valence-electron chi connectivity index (χ4n) is 4.74. The van der Waals surface area contributed by atoms with Gasteiger partial charge >= 0.3 is 0 Å². The van der Waals surface area contributed by atoms with Crippen molar-refractivity contribution in [3.63, 3.8) is 0 Å². The molecule has 0 bridgehead atoms. The highest BCUT2D eigenvalue weighted by molar-refractivity contribution is 5.84. The maximum absolute atomic E-state index is 2.47. The minimum absolute atomic E-state index is 0.796. The summed E-state index contributed by atoms with van der Waals surface area (Å²) in [5.41, 5.74) is 3.10. The van der Waals surface area contributed by atoms with Crippen molar-refractivity contribution < 1.29 is 0 Å². The molecule has 0 heterocycles. The topological polar surface area (TPSA) is 0 Å². The molecule has 0 N–H and O–H groups in total. The van der Waals surface area contributed by atoms with Gasteiger partial charge in [0.25, 0.3) is 0 Å². The molecule has 1 aliphatic rings. The minimum atomic E-state index is 0.796. The van der Waals surface area contributed by atoms with Gasteiger partial charge in [-0.15, -0.1) is 0 Å². The molecule has 3 rings (SSSR count). The second kappa shape index (κ2) is 10.1. The predicted molar refractivity (Wildman–Crippen MR) is 116 cm³/mol. The van der Waals surface area contributed by atoms with Gasteiger partial charge in [0.2, 0.25) is 0 Å². The lowest BCUT2D eigenvalue weighted by molar-refractivity contribution is 0.319. The van der Waals surface area contributed by atoms with E-state index in [9.17, 15) is 0 Å². The molecule has 0 nitrogen and oxygen atoms in total. The molecule has 0 saturated heterocycles. The summed E-state index contributed by atoms with van der Waals surface area (Å²) < 4.78 is 0. The van der Waals surface area contributed by atoms with E-state index in [4.69, 9.17) is 0 Å². The maximum atomic E-state index is 2.47. The first kappa shape index (κ1) is 19.5. The molecule has 0 aliphatic heterocycles. The molecule has 1 fully saturated rings. The van der Waals surface area contributed by atoms with E-state index in [-0.39, 0.29) is 0 Å². The molecule has 142 valence electrons. The lowest BCUT2D eigenvalue weighted by atomic mass is 9.77. The summed E-state index contributed by atoms with van der Waals surface area (Å²) in [7, 11) is 0. The zero-order chi connectivity index (χ0) is 18.2. The van der Waals surface area contributed by atoms with Gasteiger partial charge in [0, 0.05) is 0 Å². The molecule has 0 atom stereocenters. The van der Waals surface area contributed by atoms with Crippen LogP contribution in [-0.2, 0) is 6.42 Å². The number of benzene rings is 2. The molecule has 26 heavy (non-hydrogen) atoms. The molecule has 1 saturated carbocycles. The third kappa shape index (κ3) is 5.35. The van der Waals surface area contributed by atoms with E-state index in [1.807, 2.05) is 0 Å². The number of unbranched alkanes of at least 4 members (excludes halogenated alkanes) is 5. The first-order valence-electron chi connectivity index (χ1n) is 11.3. The van der Waals surface area contributed by atoms with E-state index in [1.165, 1.54) is 93.4 Å². The van der Waals surface area contributed by atoms with Crippen molar-refractivity contribution in [2.24, 2.45) is 5.92 Å². The Kier molecular flexibility index (Phi) is 7.59. The van der Waals surface area contributed by atoms with E-state index in [0.717, 1.165) is 11.8 Å². The van der Waals surface area contributed by atoms with Crippen molar-refractivity contribution in [2.75, 3.05) is 0 Å². The van der Waals surface area contributed by atoms with E-state index >= 15 is 0 Å². The number of aryl methyl sites for hydroxylation is 1. The van der Waals surface area contributed by atoms with E-state index in [0.29, 0.717) is 0 Å².